The Kier molecular flexibility index (Phi) is 5.45. The number of benzene rings is 1. The maximum atomic E-state index is 11.9. The van der Waals surface area contributed by atoms with E-state index in [0.717, 1.165) is 18.9 Å². The van der Waals surface area contributed by atoms with Gasteiger partial charge in [0.05, 0.1) is 13.4 Å². The normalized spacial score (nSPS) is 16.8. The molecule has 1 saturated carbocycles. The second-order valence-electron chi connectivity index (χ2n) is 5.51. The van der Waals surface area contributed by atoms with E-state index in [1.54, 1.807) is 24.3 Å². The third-order valence-corrected chi connectivity index (χ3v) is 4.13. The lowest BCUT2D eigenvalue weighted by molar-refractivity contribution is -0.146. The molecule has 0 aliphatic heterocycles. The van der Waals surface area contributed by atoms with Crippen molar-refractivity contribution in [1.82, 2.24) is 5.32 Å². The van der Waals surface area contributed by atoms with Crippen LogP contribution in [0.25, 0.3) is 0 Å². The molecule has 1 aromatic rings. The van der Waals surface area contributed by atoms with Crippen LogP contribution in [0.4, 0.5) is 4.79 Å². The van der Waals surface area contributed by atoms with Gasteiger partial charge in [-0.2, -0.15) is 8.42 Å². The molecule has 132 valence electrons. The molecule has 0 spiro atoms. The second kappa shape index (κ2) is 7.18. The lowest BCUT2D eigenvalue weighted by Crippen LogP contribution is -2.52. The highest BCUT2D eigenvalue weighted by atomic mass is 32.2. The lowest BCUT2D eigenvalue weighted by atomic mass is 10.1. The van der Waals surface area contributed by atoms with Crippen molar-refractivity contribution in [3.05, 3.63) is 35.9 Å². The highest BCUT2D eigenvalue weighted by Gasteiger charge is 2.58. The number of carbonyl (C=O) groups excluding carboxylic acids is 2. The van der Waals surface area contributed by atoms with E-state index in [4.69, 9.17) is 8.92 Å². The third-order valence-electron chi connectivity index (χ3n) is 3.50. The van der Waals surface area contributed by atoms with Crippen LogP contribution in [-0.2, 0) is 35.2 Å². The fourth-order valence-corrected chi connectivity index (χ4v) is 3.12. The molecule has 1 aromatic carbocycles. The minimum Gasteiger partial charge on any atom is -0.467 e. The minimum atomic E-state index is -3.80. The van der Waals surface area contributed by atoms with Crippen LogP contribution in [0.2, 0.25) is 0 Å². The molecule has 1 atom stereocenters. The van der Waals surface area contributed by atoms with Gasteiger partial charge >= 0.3 is 12.1 Å². The smallest absolute Gasteiger partial charge is 0.408 e. The molecule has 1 aliphatic carbocycles. The van der Waals surface area contributed by atoms with Gasteiger partial charge in [0.2, 0.25) is 0 Å². The van der Waals surface area contributed by atoms with Gasteiger partial charge in [0, 0.05) is 0 Å². The average molecular weight is 357 g/mol. The number of nitrogens with one attached hydrogen (secondary N) is 1. The summed E-state index contributed by atoms with van der Waals surface area (Å²) in [4.78, 5) is 23.9. The highest BCUT2D eigenvalue weighted by molar-refractivity contribution is 7.86. The zero-order valence-corrected chi connectivity index (χ0v) is 14.2. The van der Waals surface area contributed by atoms with Crippen molar-refractivity contribution in [1.29, 1.82) is 0 Å². The topological polar surface area (TPSA) is 108 Å². The van der Waals surface area contributed by atoms with E-state index >= 15 is 0 Å². The predicted octanol–water partition coefficient (Wildman–Crippen LogP) is 0.963. The number of methoxy groups -OCH3 is 1. The maximum Gasteiger partial charge on any atom is 0.408 e. The summed E-state index contributed by atoms with van der Waals surface area (Å²) in [6.07, 6.45) is 0.629. The van der Waals surface area contributed by atoms with E-state index in [-0.39, 0.29) is 6.61 Å². The summed E-state index contributed by atoms with van der Waals surface area (Å²) < 4.78 is 37.4. The summed E-state index contributed by atoms with van der Waals surface area (Å²) in [5.41, 5.74) is -0.539. The molecule has 1 fully saturated rings. The number of rotatable bonds is 7. The first-order valence-corrected chi connectivity index (χ1v) is 9.03. The molecule has 0 aromatic heterocycles. The Bertz CT molecular complexity index is 698. The Hall–Kier alpha value is -2.13. The monoisotopic (exact) mass is 357 g/mol. The fraction of sp³-hybridized carbons (Fsp3) is 0.467. The molecule has 0 saturated heterocycles. The maximum absolute atomic E-state index is 11.9. The van der Waals surface area contributed by atoms with Crippen LogP contribution < -0.4 is 5.32 Å². The number of hydrogen-bond donors (Lipinski definition) is 1. The van der Waals surface area contributed by atoms with E-state index in [0.29, 0.717) is 12.8 Å². The zero-order chi connectivity index (χ0) is 17.8. The van der Waals surface area contributed by atoms with E-state index in [1.165, 1.54) is 0 Å². The molecule has 2 rings (SSSR count). The van der Waals surface area contributed by atoms with Gasteiger partial charge in [-0.25, -0.2) is 9.59 Å². The van der Waals surface area contributed by atoms with Gasteiger partial charge < -0.3 is 14.8 Å². The van der Waals surface area contributed by atoms with E-state index in [9.17, 15) is 18.0 Å². The van der Waals surface area contributed by atoms with Gasteiger partial charge in [0.15, 0.2) is 6.04 Å². The quantitative estimate of drug-likeness (QED) is 0.572. The first-order chi connectivity index (χ1) is 11.3. The van der Waals surface area contributed by atoms with Crippen LogP contribution in [0, 0.1) is 0 Å². The summed E-state index contributed by atoms with van der Waals surface area (Å²) in [6, 6.07) is 7.72. The standard InChI is InChI=1S/C15H19NO7S/c1-21-13(17)12(15(8-9-15)23-24(2,19)20)16-14(18)22-10-11-6-4-3-5-7-11/h3-7,12H,8-10H2,1-2H3,(H,16,18)/t12-/m0/s1. The zero-order valence-electron chi connectivity index (χ0n) is 13.4. The van der Waals surface area contributed by atoms with Gasteiger partial charge in [-0.3, -0.25) is 4.18 Å². The Balaban J connectivity index is 2.01. The van der Waals surface area contributed by atoms with Gasteiger partial charge in [-0.15, -0.1) is 0 Å². The molecule has 1 amide bonds. The molecule has 0 heterocycles. The number of carbonyl (C=O) groups is 2. The molecule has 0 unspecified atom stereocenters. The van der Waals surface area contributed by atoms with Gasteiger partial charge in [0.25, 0.3) is 10.1 Å². The SMILES string of the molecule is COC(=O)[C@H](NC(=O)OCc1ccccc1)C1(OS(C)(=O)=O)CC1. The number of ether oxygens (including phenoxy) is 2. The fourth-order valence-electron chi connectivity index (χ4n) is 2.25. The van der Waals surface area contributed by atoms with Crippen molar-refractivity contribution in [3.8, 4) is 0 Å². The summed E-state index contributed by atoms with van der Waals surface area (Å²) in [6.45, 7) is 0.0144. The number of amides is 1. The summed E-state index contributed by atoms with van der Waals surface area (Å²) in [5, 5.41) is 2.34. The van der Waals surface area contributed by atoms with E-state index in [1.807, 2.05) is 6.07 Å². The van der Waals surface area contributed by atoms with Crippen molar-refractivity contribution in [2.75, 3.05) is 13.4 Å². The largest absolute Gasteiger partial charge is 0.467 e. The van der Waals surface area contributed by atoms with E-state index < -0.39 is 33.8 Å². The Morgan fingerprint density at radius 3 is 2.38 bits per heavy atom. The van der Waals surface area contributed by atoms with Crippen LogP contribution in [0.3, 0.4) is 0 Å². The van der Waals surface area contributed by atoms with Crippen molar-refractivity contribution >= 4 is 22.2 Å². The molecular formula is C15H19NO7S. The summed E-state index contributed by atoms with van der Waals surface area (Å²) in [5.74, 6) is -0.798. The number of esters is 1. The predicted molar refractivity (Wildman–Crippen MR) is 83.5 cm³/mol. The van der Waals surface area contributed by atoms with Crippen LogP contribution in [0.1, 0.15) is 18.4 Å². The summed E-state index contributed by atoms with van der Waals surface area (Å²) in [7, 11) is -2.66. The van der Waals surface area contributed by atoms with Crippen LogP contribution >= 0.6 is 0 Å². The van der Waals surface area contributed by atoms with Gasteiger partial charge in [-0.1, -0.05) is 30.3 Å². The molecule has 0 bridgehead atoms. The Morgan fingerprint density at radius 1 is 1.25 bits per heavy atom. The lowest BCUT2D eigenvalue weighted by Gasteiger charge is -2.24. The molecule has 1 aliphatic rings. The Morgan fingerprint density at radius 2 is 1.88 bits per heavy atom. The highest BCUT2D eigenvalue weighted by Crippen LogP contribution is 2.44. The molecular weight excluding hydrogens is 338 g/mol. The summed E-state index contributed by atoms with van der Waals surface area (Å²) >= 11 is 0. The third kappa shape index (κ3) is 4.93. The van der Waals surface area contributed by atoms with Crippen LogP contribution in [-0.4, -0.2) is 45.5 Å². The van der Waals surface area contributed by atoms with Crippen molar-refractivity contribution in [2.45, 2.75) is 31.1 Å². The first-order valence-electron chi connectivity index (χ1n) is 7.21. The molecule has 8 nitrogen and oxygen atoms in total. The van der Waals surface area contributed by atoms with Crippen molar-refractivity contribution < 1.29 is 31.7 Å². The van der Waals surface area contributed by atoms with E-state index in [2.05, 4.69) is 10.1 Å². The van der Waals surface area contributed by atoms with Crippen LogP contribution in [0.5, 0.6) is 0 Å². The number of hydrogen-bond acceptors (Lipinski definition) is 7. The second-order valence-corrected chi connectivity index (χ2v) is 7.09. The van der Waals surface area contributed by atoms with Crippen molar-refractivity contribution in [3.63, 3.8) is 0 Å². The molecule has 9 heteroatoms. The number of alkyl carbamates (subject to hydrolysis) is 1. The van der Waals surface area contributed by atoms with Gasteiger partial charge in [0.1, 0.15) is 12.2 Å². The van der Waals surface area contributed by atoms with Gasteiger partial charge in [-0.05, 0) is 18.4 Å². The molecule has 1 N–H and O–H groups in total. The average Bonchev–Trinajstić information content (AvgIpc) is 3.29. The van der Waals surface area contributed by atoms with Crippen LogP contribution in [0.15, 0.2) is 30.3 Å². The minimum absolute atomic E-state index is 0.0144. The molecule has 0 radical (unpaired) electrons. The first kappa shape index (κ1) is 18.2. The Labute approximate surface area is 140 Å². The van der Waals surface area contributed by atoms with Crippen molar-refractivity contribution in [2.24, 2.45) is 0 Å². The molecule has 24 heavy (non-hydrogen) atoms.